The van der Waals surface area contributed by atoms with Crippen LogP contribution in [0.1, 0.15) is 33.6 Å². The summed E-state index contributed by atoms with van der Waals surface area (Å²) in [5, 5.41) is 11.1. The van der Waals surface area contributed by atoms with Gasteiger partial charge in [-0.15, -0.1) is 0 Å². The lowest BCUT2D eigenvalue weighted by Crippen LogP contribution is -2.40. The molecule has 0 radical (unpaired) electrons. The van der Waals surface area contributed by atoms with Crippen molar-refractivity contribution in [3.8, 4) is 0 Å². The maximum absolute atomic E-state index is 11.4. The molecule has 1 amide bonds. The van der Waals surface area contributed by atoms with E-state index in [1.807, 2.05) is 6.92 Å². The smallest absolute Gasteiger partial charge is 0.326 e. The third kappa shape index (κ3) is 4.07. The fraction of sp³-hybridized carbons (Fsp3) is 0.600. The van der Waals surface area contributed by atoms with E-state index in [0.29, 0.717) is 12.0 Å². The van der Waals surface area contributed by atoms with Gasteiger partial charge in [0.2, 0.25) is 5.91 Å². The van der Waals surface area contributed by atoms with Crippen molar-refractivity contribution < 1.29 is 14.7 Å². The number of rotatable bonds is 5. The van der Waals surface area contributed by atoms with Crippen LogP contribution in [0.2, 0.25) is 0 Å². The average molecular weight is 199 g/mol. The van der Waals surface area contributed by atoms with Crippen molar-refractivity contribution in [3.63, 3.8) is 0 Å². The third-order valence-electron chi connectivity index (χ3n) is 1.88. The standard InChI is InChI=1S/C10H17NO3/c1-4-6-7(3)9(12)11-8(5-2)10(13)14/h6,8H,4-5H2,1-3H3,(H,11,12)(H,13,14)/b7-6-/t8-/m0/s1. The van der Waals surface area contributed by atoms with Gasteiger partial charge in [-0.2, -0.15) is 0 Å². The number of aliphatic carboxylic acids is 1. The second-order valence-corrected chi connectivity index (χ2v) is 3.07. The highest BCUT2D eigenvalue weighted by Gasteiger charge is 2.17. The molecule has 1 atom stereocenters. The molecule has 0 spiro atoms. The van der Waals surface area contributed by atoms with E-state index in [4.69, 9.17) is 5.11 Å². The van der Waals surface area contributed by atoms with Crippen molar-refractivity contribution in [1.29, 1.82) is 0 Å². The third-order valence-corrected chi connectivity index (χ3v) is 1.88. The van der Waals surface area contributed by atoms with Crippen LogP contribution in [-0.2, 0) is 9.59 Å². The average Bonchev–Trinajstić information content (AvgIpc) is 2.13. The highest BCUT2D eigenvalue weighted by Crippen LogP contribution is 1.98. The first-order valence-electron chi connectivity index (χ1n) is 4.73. The fourth-order valence-corrected chi connectivity index (χ4v) is 1.01. The summed E-state index contributed by atoms with van der Waals surface area (Å²) < 4.78 is 0. The van der Waals surface area contributed by atoms with Crippen LogP contribution in [0.4, 0.5) is 0 Å². The van der Waals surface area contributed by atoms with Crippen molar-refractivity contribution in [3.05, 3.63) is 11.6 Å². The molecule has 0 bridgehead atoms. The molecule has 0 rings (SSSR count). The lowest BCUT2D eigenvalue weighted by atomic mass is 10.2. The Morgan fingerprint density at radius 2 is 2.00 bits per heavy atom. The van der Waals surface area contributed by atoms with E-state index in [9.17, 15) is 9.59 Å². The number of carbonyl (C=O) groups excluding carboxylic acids is 1. The van der Waals surface area contributed by atoms with E-state index in [0.717, 1.165) is 6.42 Å². The molecule has 4 nitrogen and oxygen atoms in total. The monoisotopic (exact) mass is 199 g/mol. The van der Waals surface area contributed by atoms with Crippen molar-refractivity contribution in [1.82, 2.24) is 5.32 Å². The quantitative estimate of drug-likeness (QED) is 0.656. The first-order chi connectivity index (χ1) is 6.52. The van der Waals surface area contributed by atoms with Crippen LogP contribution in [0, 0.1) is 0 Å². The minimum Gasteiger partial charge on any atom is -0.480 e. The van der Waals surface area contributed by atoms with Gasteiger partial charge in [-0.25, -0.2) is 4.79 Å². The van der Waals surface area contributed by atoms with E-state index in [1.54, 1.807) is 19.9 Å². The van der Waals surface area contributed by atoms with Crippen LogP contribution in [0.25, 0.3) is 0 Å². The Morgan fingerprint density at radius 1 is 1.43 bits per heavy atom. The van der Waals surface area contributed by atoms with Crippen LogP contribution in [0.15, 0.2) is 11.6 Å². The molecule has 0 aliphatic rings. The van der Waals surface area contributed by atoms with Crippen LogP contribution in [-0.4, -0.2) is 23.0 Å². The molecular formula is C10H17NO3. The fourth-order valence-electron chi connectivity index (χ4n) is 1.01. The molecule has 0 saturated heterocycles. The number of carboxylic acids is 1. The Hall–Kier alpha value is -1.32. The van der Waals surface area contributed by atoms with E-state index in [2.05, 4.69) is 5.32 Å². The summed E-state index contributed by atoms with van der Waals surface area (Å²) in [6, 6.07) is -0.789. The van der Waals surface area contributed by atoms with Crippen molar-refractivity contribution in [2.24, 2.45) is 0 Å². The summed E-state index contributed by atoms with van der Waals surface area (Å²) in [6.07, 6.45) is 2.92. The molecule has 80 valence electrons. The lowest BCUT2D eigenvalue weighted by Gasteiger charge is -2.12. The highest BCUT2D eigenvalue weighted by molar-refractivity contribution is 5.95. The number of hydrogen-bond acceptors (Lipinski definition) is 2. The molecule has 0 fully saturated rings. The van der Waals surface area contributed by atoms with Gasteiger partial charge in [0.05, 0.1) is 0 Å². The Labute approximate surface area is 84.0 Å². The molecule has 0 unspecified atom stereocenters. The number of allylic oxidation sites excluding steroid dienone is 1. The molecule has 0 aromatic rings. The summed E-state index contributed by atoms with van der Waals surface area (Å²) in [7, 11) is 0. The summed E-state index contributed by atoms with van der Waals surface area (Å²) in [4.78, 5) is 22.0. The Kier molecular flexibility index (Phi) is 5.60. The van der Waals surface area contributed by atoms with E-state index in [-0.39, 0.29) is 5.91 Å². The Morgan fingerprint density at radius 3 is 2.36 bits per heavy atom. The van der Waals surface area contributed by atoms with E-state index >= 15 is 0 Å². The van der Waals surface area contributed by atoms with Crippen LogP contribution >= 0.6 is 0 Å². The zero-order chi connectivity index (χ0) is 11.1. The maximum Gasteiger partial charge on any atom is 0.326 e. The summed E-state index contributed by atoms with van der Waals surface area (Å²) in [6.45, 7) is 5.32. The van der Waals surface area contributed by atoms with Gasteiger partial charge >= 0.3 is 5.97 Å². The van der Waals surface area contributed by atoms with Gasteiger partial charge in [-0.3, -0.25) is 4.79 Å². The molecule has 4 heteroatoms. The van der Waals surface area contributed by atoms with Gasteiger partial charge < -0.3 is 10.4 Å². The zero-order valence-electron chi connectivity index (χ0n) is 8.83. The minimum atomic E-state index is -0.995. The predicted octanol–water partition coefficient (Wildman–Crippen LogP) is 1.32. The summed E-state index contributed by atoms with van der Waals surface area (Å²) in [5.41, 5.74) is 0.562. The van der Waals surface area contributed by atoms with Gasteiger partial charge in [-0.05, 0) is 19.8 Å². The number of nitrogens with one attached hydrogen (secondary N) is 1. The summed E-state index contributed by atoms with van der Waals surface area (Å²) >= 11 is 0. The topological polar surface area (TPSA) is 66.4 Å². The van der Waals surface area contributed by atoms with Gasteiger partial charge in [0.25, 0.3) is 0 Å². The van der Waals surface area contributed by atoms with E-state index in [1.165, 1.54) is 0 Å². The first-order valence-corrected chi connectivity index (χ1v) is 4.73. The first kappa shape index (κ1) is 12.7. The zero-order valence-corrected chi connectivity index (χ0v) is 8.83. The highest BCUT2D eigenvalue weighted by atomic mass is 16.4. The normalized spacial score (nSPS) is 13.5. The molecule has 0 aliphatic carbocycles. The van der Waals surface area contributed by atoms with Crippen molar-refractivity contribution >= 4 is 11.9 Å². The molecule has 0 aliphatic heterocycles. The largest absolute Gasteiger partial charge is 0.480 e. The number of amides is 1. The Balaban J connectivity index is 4.30. The molecule has 14 heavy (non-hydrogen) atoms. The molecule has 0 saturated carbocycles. The van der Waals surface area contributed by atoms with Gasteiger partial charge in [-0.1, -0.05) is 19.9 Å². The Bertz CT molecular complexity index is 246. The van der Waals surface area contributed by atoms with E-state index < -0.39 is 12.0 Å². The molecule has 0 aromatic heterocycles. The van der Waals surface area contributed by atoms with Gasteiger partial charge in [0.15, 0.2) is 0 Å². The number of hydrogen-bond donors (Lipinski definition) is 2. The van der Waals surface area contributed by atoms with Crippen molar-refractivity contribution in [2.45, 2.75) is 39.7 Å². The number of carbonyl (C=O) groups is 2. The lowest BCUT2D eigenvalue weighted by molar-refractivity contribution is -0.141. The summed E-state index contributed by atoms with van der Waals surface area (Å²) in [5.74, 6) is -1.30. The second-order valence-electron chi connectivity index (χ2n) is 3.07. The van der Waals surface area contributed by atoms with Crippen LogP contribution < -0.4 is 5.32 Å². The molecule has 0 aromatic carbocycles. The van der Waals surface area contributed by atoms with Gasteiger partial charge in [0, 0.05) is 5.57 Å². The SMILES string of the molecule is CC/C=C(/C)C(=O)N[C@@H](CC)C(=O)O. The minimum absolute atomic E-state index is 0.305. The van der Waals surface area contributed by atoms with Gasteiger partial charge in [0.1, 0.15) is 6.04 Å². The second kappa shape index (κ2) is 6.18. The predicted molar refractivity (Wildman–Crippen MR) is 53.9 cm³/mol. The number of carboxylic acid groups (broad SMARTS) is 1. The maximum atomic E-state index is 11.4. The molecular weight excluding hydrogens is 182 g/mol. The van der Waals surface area contributed by atoms with Crippen LogP contribution in [0.3, 0.4) is 0 Å². The molecule has 0 heterocycles. The molecule has 2 N–H and O–H groups in total. The van der Waals surface area contributed by atoms with Crippen molar-refractivity contribution in [2.75, 3.05) is 0 Å². The van der Waals surface area contributed by atoms with Crippen LogP contribution in [0.5, 0.6) is 0 Å².